The lowest BCUT2D eigenvalue weighted by molar-refractivity contribution is -0.260. The zero-order valence-electron chi connectivity index (χ0n) is 75.9. The molecule has 17 aliphatic carbocycles. The van der Waals surface area contributed by atoms with Gasteiger partial charge in [-0.05, 0) is 303 Å². The van der Waals surface area contributed by atoms with Gasteiger partial charge in [-0.1, -0.05) is 76.2 Å². The predicted octanol–water partition coefficient (Wildman–Crippen LogP) is 17.0. The van der Waals surface area contributed by atoms with Gasteiger partial charge in [0.2, 0.25) is 0 Å². The van der Waals surface area contributed by atoms with Crippen molar-refractivity contribution in [2.45, 2.75) is 263 Å². The topological polar surface area (TPSA) is 363 Å². The monoisotopic (exact) mass is 1800 g/mol. The molecule has 20 atom stereocenters. The van der Waals surface area contributed by atoms with Crippen molar-refractivity contribution in [3.63, 3.8) is 0 Å². The van der Waals surface area contributed by atoms with Gasteiger partial charge in [0.25, 0.3) is 0 Å². The number of hydrogen-bond acceptors (Lipinski definition) is 24. The molecule has 16 saturated carbocycles. The summed E-state index contributed by atoms with van der Waals surface area (Å²) in [7, 11) is 2.87. The molecule has 16 fully saturated rings. The zero-order chi connectivity index (χ0) is 92.0. The van der Waals surface area contributed by atoms with Crippen LogP contribution >= 0.6 is 0 Å². The van der Waals surface area contributed by atoms with Gasteiger partial charge in [-0.3, -0.25) is 0 Å². The van der Waals surface area contributed by atoms with Gasteiger partial charge in [-0.2, -0.15) is 0 Å². The largest absolute Gasteiger partial charge is 0.508 e. The van der Waals surface area contributed by atoms with Crippen LogP contribution in [0.4, 0.5) is 0 Å². The van der Waals surface area contributed by atoms with Crippen molar-refractivity contribution in [3.8, 4) is 34.5 Å². The van der Waals surface area contributed by atoms with Crippen LogP contribution in [0.1, 0.15) is 325 Å². The third-order valence-corrected chi connectivity index (χ3v) is 33.4. The smallest absolute Gasteiger partial charge is 0.340 e. The number of carbonyl (C=O) groups excluding carboxylic acids is 4. The number of phenolic OH excluding ortho intramolecular Hbond substituents is 4. The molecule has 24 nitrogen and oxygen atoms in total. The number of fused-ring (bicyclic) bond motifs is 8. The van der Waals surface area contributed by atoms with E-state index in [0.29, 0.717) is 122 Å². The Balaban J connectivity index is 0.700. The number of aromatic hydroxyl groups is 4. The highest BCUT2D eigenvalue weighted by molar-refractivity contribution is 5.91. The molecule has 24 bridgehead atoms. The van der Waals surface area contributed by atoms with Crippen LogP contribution in [0.15, 0.2) is 146 Å². The van der Waals surface area contributed by atoms with Gasteiger partial charge < -0.3 is 98.4 Å². The molecule has 0 aliphatic heterocycles. The Bertz CT molecular complexity index is 5130. The van der Waals surface area contributed by atoms with E-state index in [1.807, 2.05) is 0 Å². The number of methoxy groups -OCH3 is 2. The summed E-state index contributed by atoms with van der Waals surface area (Å²) in [4.78, 5) is 57.9. The standard InChI is InChI=1S/C108H120O24/c1-97-31-61-35-101(119,45-97)53-105(39-61,49-97)129-57-125-93(115)69-15-7-65(8-16-69)89-76-26-78(84(112)24-74(76)44-110)91(67-11-19-71(20-12-67)95(117)127-59-131-107-41-63-33-99(3,51-107)47-103(121,37-63)55-107)82-28-80(86(114)30-88(82)124-6)92(68-13-21-72(22-14-68)96(118)128-60-132-108-42-64-34-100(4,52-108)48-104(122,38-64)56-108)81-27-79(85(113)29-87(81)123-5)90(75-25-77(89)83(111)23-73(75)43-109)66-9-17-70(18-10-66)94(116)126-58-130-106-40-62-32-98(2,50-106)46-102(120,36-62)54-106/h7-30,61-64,89-92,109-114,119-122H,31-60H2,1-6H3. The van der Waals surface area contributed by atoms with Crippen LogP contribution < -0.4 is 9.47 Å². The summed E-state index contributed by atoms with van der Waals surface area (Å²) in [6.07, 6.45) is 17.4. The van der Waals surface area contributed by atoms with Gasteiger partial charge in [0.05, 0.1) is 94.5 Å². The Hall–Kier alpha value is -9.96. The van der Waals surface area contributed by atoms with Crippen LogP contribution in [-0.4, -0.2) is 161 Å². The first-order chi connectivity index (χ1) is 62.8. The summed E-state index contributed by atoms with van der Waals surface area (Å²) in [5.74, 6) is -7.44. The molecule has 25 rings (SSSR count). The van der Waals surface area contributed by atoms with Crippen LogP contribution in [0.2, 0.25) is 0 Å². The Kier molecular flexibility index (Phi) is 21.4. The molecule has 0 saturated heterocycles. The van der Waals surface area contributed by atoms with Gasteiger partial charge in [0, 0.05) is 94.9 Å². The fraction of sp³-hybridized carbons (Fsp3) is 0.519. The summed E-state index contributed by atoms with van der Waals surface area (Å²) in [6.45, 7) is 5.94. The number of rotatable bonds is 24. The molecular formula is C108H120O24. The molecule has 8 aromatic carbocycles. The molecule has 0 amide bonds. The fourth-order valence-corrected chi connectivity index (χ4v) is 31.3. The third kappa shape index (κ3) is 16.0. The summed E-state index contributed by atoms with van der Waals surface area (Å²) in [5, 5.41) is 124. The lowest BCUT2D eigenvalue weighted by Crippen LogP contribution is -2.63. The summed E-state index contributed by atoms with van der Waals surface area (Å²) in [6, 6.07) is 39.0. The first kappa shape index (κ1) is 88.6. The van der Waals surface area contributed by atoms with E-state index >= 15 is 0 Å². The van der Waals surface area contributed by atoms with Crippen LogP contribution in [0.3, 0.4) is 0 Å². The molecule has 0 aromatic heterocycles. The average Bonchev–Trinajstić information content (AvgIpc) is 0.729. The van der Waals surface area contributed by atoms with Gasteiger partial charge in [0.15, 0.2) is 27.2 Å². The van der Waals surface area contributed by atoms with E-state index in [0.717, 1.165) is 77.0 Å². The second-order valence-electron chi connectivity index (χ2n) is 44.7. The Morgan fingerprint density at radius 1 is 0.288 bits per heavy atom. The molecule has 10 N–H and O–H groups in total. The summed E-state index contributed by atoms with van der Waals surface area (Å²) in [5.41, 5.74) is -1.82. The van der Waals surface area contributed by atoms with Crippen molar-refractivity contribution >= 4 is 23.9 Å². The maximum absolute atomic E-state index is 14.5. The molecule has 8 aromatic rings. The molecule has 696 valence electrons. The van der Waals surface area contributed by atoms with Crippen molar-refractivity contribution in [2.24, 2.45) is 45.3 Å². The zero-order valence-corrected chi connectivity index (χ0v) is 75.9. The van der Waals surface area contributed by atoms with Crippen molar-refractivity contribution in [1.29, 1.82) is 0 Å². The minimum absolute atomic E-state index is 0.106. The number of esters is 4. The number of ether oxygens (including phenoxy) is 10. The number of phenols is 4. The highest BCUT2D eigenvalue weighted by atomic mass is 16.7. The van der Waals surface area contributed by atoms with Crippen LogP contribution in [-0.2, 0) is 51.1 Å². The molecule has 0 spiro atoms. The highest BCUT2D eigenvalue weighted by Crippen LogP contribution is 2.69. The van der Waals surface area contributed by atoms with E-state index in [1.165, 1.54) is 38.5 Å². The Morgan fingerprint density at radius 3 is 0.735 bits per heavy atom. The van der Waals surface area contributed by atoms with Crippen LogP contribution in [0, 0.1) is 45.3 Å². The third-order valence-electron chi connectivity index (χ3n) is 33.4. The molecular weight excluding hydrogens is 1680 g/mol. The molecule has 0 heterocycles. The first-order valence-corrected chi connectivity index (χ1v) is 47.1. The second-order valence-corrected chi connectivity index (χ2v) is 44.7. The van der Waals surface area contributed by atoms with Crippen molar-refractivity contribution in [3.05, 3.63) is 246 Å². The van der Waals surface area contributed by atoms with E-state index in [1.54, 1.807) is 121 Å². The predicted molar refractivity (Wildman–Crippen MR) is 480 cm³/mol. The average molecular weight is 1800 g/mol. The molecule has 17 aliphatic rings. The molecule has 24 heteroatoms. The van der Waals surface area contributed by atoms with Crippen LogP contribution in [0.25, 0.3) is 0 Å². The lowest BCUT2D eigenvalue weighted by Gasteiger charge is -2.63. The highest BCUT2D eigenvalue weighted by Gasteiger charge is 2.67. The van der Waals surface area contributed by atoms with E-state index < -0.39 is 106 Å². The number of benzene rings is 8. The summed E-state index contributed by atoms with van der Waals surface area (Å²) >= 11 is 0. The minimum atomic E-state index is -1.19. The quantitative estimate of drug-likeness (QED) is 0.0153. The molecule has 132 heavy (non-hydrogen) atoms. The van der Waals surface area contributed by atoms with E-state index in [4.69, 9.17) is 47.4 Å². The number of hydrogen-bond donors (Lipinski definition) is 10. The van der Waals surface area contributed by atoms with E-state index in [2.05, 4.69) is 27.7 Å². The molecule has 20 unspecified atom stereocenters. The number of aliphatic hydroxyl groups is 6. The Labute approximate surface area is 767 Å². The van der Waals surface area contributed by atoms with Crippen molar-refractivity contribution in [1.82, 2.24) is 0 Å². The fourth-order valence-electron chi connectivity index (χ4n) is 31.3. The summed E-state index contributed by atoms with van der Waals surface area (Å²) < 4.78 is 62.7. The minimum Gasteiger partial charge on any atom is -0.508 e. The number of carbonyl (C=O) groups is 4. The van der Waals surface area contributed by atoms with Gasteiger partial charge >= 0.3 is 23.9 Å². The van der Waals surface area contributed by atoms with Gasteiger partial charge in [0.1, 0.15) is 34.5 Å². The molecule has 0 radical (unpaired) electrons. The first-order valence-electron chi connectivity index (χ1n) is 47.1. The SMILES string of the molecule is COc1cc(O)c2cc1C(c1ccc(C(=O)OCOC34CC5CC(C)(CC(O)(C5)C3)C4)cc1)c1cc(c(OC)cc1O)C(c1ccc(C(=O)OCOC34CC5CC(C)(CC(O)(C5)C3)C4)cc1)c1cc(c(CO)cc1O)C(c1ccc(C(=O)OCOC34CC5CC(C)(CC(O)(C5)C3)C4)cc1)c1cc(c(CO)cc1O)C2c1ccc(C(=O)OCOC23CC4CC(C)(CC(O)(C4)C2)C3)cc1. The maximum atomic E-state index is 14.5. The Morgan fingerprint density at radius 2 is 0.515 bits per heavy atom. The maximum Gasteiger partial charge on any atom is 0.340 e. The van der Waals surface area contributed by atoms with Gasteiger partial charge in [-0.25, -0.2) is 19.2 Å². The van der Waals surface area contributed by atoms with Crippen molar-refractivity contribution < 1.29 is 118 Å². The second kappa shape index (κ2) is 31.8. The number of aliphatic hydroxyl groups excluding tert-OH is 2. The van der Waals surface area contributed by atoms with Gasteiger partial charge in [-0.15, -0.1) is 0 Å². The van der Waals surface area contributed by atoms with Crippen LogP contribution in [0.5, 0.6) is 34.5 Å². The van der Waals surface area contributed by atoms with Crippen molar-refractivity contribution in [2.75, 3.05) is 41.4 Å². The van der Waals surface area contributed by atoms with E-state index in [9.17, 15) is 70.2 Å². The lowest BCUT2D eigenvalue weighted by atomic mass is 9.47. The normalized spacial score (nSPS) is 35.3. The van der Waals surface area contributed by atoms with E-state index in [-0.39, 0.29) is 163 Å².